The van der Waals surface area contributed by atoms with Crippen LogP contribution in [0.4, 0.5) is 9.59 Å². The highest BCUT2D eigenvalue weighted by Crippen LogP contribution is 2.46. The molecule has 8 heterocycles. The van der Waals surface area contributed by atoms with Gasteiger partial charge < -0.3 is 76.3 Å². The SMILES string of the molecule is C=C[C@]1(OC(=O)n2ccnc2)/C=C(\C)C(=O)[C@H](C)C[C@](C)(OC)[C@H](OC2O[C@H](C)C[C@H](N(C)C)[C@H]2OC(=O)c2ccccc2)[C@@H](C)C(=O)[C@@H](C)C(=O)O[C@@H]1CC.C=C[C@]12OC(=O)N(CCCCn3cc(-c4ccc(OC)nc4)nc3C)[C@@H]1[C@@H](C)C(=O)[C@H](C)C[C@](C)(OC)[C@H](OC1O[C@H](C)C[C@H](N(C)C)[C@H]1O)[C@@H](C)C(=O)[C@@H](C)C(=O)O[C@@H]2CC. The van der Waals surface area contributed by atoms with Gasteiger partial charge in [-0.2, -0.15) is 0 Å². The number of carbonyl (C=O) groups excluding carboxylic acids is 9. The van der Waals surface area contributed by atoms with Crippen LogP contribution in [0.15, 0.2) is 111 Å². The molecule has 0 radical (unpaired) electrons. The number of Topliss-reactive ketones (excluding diaryl/α,β-unsaturated/α-hetero) is 4. The fraction of sp³-hybridized carbons (Fsp3) is 0.636. The number of benzene rings is 1. The molecule has 24 atom stereocenters. The largest absolute Gasteiger partial charge is 0.481 e. The van der Waals surface area contributed by atoms with Gasteiger partial charge in [0.15, 0.2) is 47.2 Å². The molecule has 3 aromatic heterocycles. The Morgan fingerprint density at radius 1 is 0.695 bits per heavy atom. The van der Waals surface area contributed by atoms with Crippen molar-refractivity contribution in [2.45, 2.75) is 264 Å². The summed E-state index contributed by atoms with van der Waals surface area (Å²) in [7, 11) is 12.0. The van der Waals surface area contributed by atoms with Crippen molar-refractivity contribution < 1.29 is 105 Å². The van der Waals surface area contributed by atoms with Crippen molar-refractivity contribution in [3.8, 4) is 17.1 Å². The van der Waals surface area contributed by atoms with Gasteiger partial charge in [0, 0.05) is 99.4 Å². The number of aliphatic hydroxyl groups is 1. The zero-order valence-electron chi connectivity index (χ0n) is 72.8. The number of cyclic esters (lactones) is 2. The van der Waals surface area contributed by atoms with E-state index in [1.165, 1.54) is 65.0 Å². The Labute approximate surface area is 694 Å². The maximum atomic E-state index is 14.9. The van der Waals surface area contributed by atoms with Gasteiger partial charge in [-0.1, -0.05) is 79.8 Å². The number of aromatic nitrogens is 5. The van der Waals surface area contributed by atoms with Gasteiger partial charge in [0.25, 0.3) is 0 Å². The first kappa shape index (κ1) is 94.8. The summed E-state index contributed by atoms with van der Waals surface area (Å²) < 4.78 is 77.1. The maximum absolute atomic E-state index is 14.9. The number of ether oxygens (including phenoxy) is 12. The Hall–Kier alpha value is -8.72. The number of nitrogens with zero attached hydrogens (tertiary/aromatic N) is 8. The van der Waals surface area contributed by atoms with E-state index in [4.69, 9.17) is 61.8 Å². The summed E-state index contributed by atoms with van der Waals surface area (Å²) in [5.74, 6) is -9.34. The highest BCUT2D eigenvalue weighted by molar-refractivity contribution is 6.01. The van der Waals surface area contributed by atoms with Crippen molar-refractivity contribution in [1.29, 1.82) is 0 Å². The van der Waals surface area contributed by atoms with Crippen molar-refractivity contribution in [1.82, 2.24) is 38.8 Å². The lowest BCUT2D eigenvalue weighted by Crippen LogP contribution is -2.60. The molecule has 4 saturated heterocycles. The summed E-state index contributed by atoms with van der Waals surface area (Å²) in [4.78, 5) is 145. The number of aryl methyl sites for hydroxylation is 2. The molecular weight excluding hydrogens is 1520 g/mol. The van der Waals surface area contributed by atoms with E-state index in [0.29, 0.717) is 43.7 Å². The maximum Gasteiger partial charge on any atom is 0.420 e. The predicted molar refractivity (Wildman–Crippen MR) is 436 cm³/mol. The molecule has 4 fully saturated rings. The second-order valence-electron chi connectivity index (χ2n) is 33.2. The van der Waals surface area contributed by atoms with Crippen LogP contribution in [0.3, 0.4) is 0 Å². The first-order valence-electron chi connectivity index (χ1n) is 41.0. The number of rotatable bonds is 22. The number of amides is 1. The number of ketones is 4. The molecule has 9 rings (SSSR count). The van der Waals surface area contributed by atoms with Crippen LogP contribution in [0, 0.1) is 48.3 Å². The highest BCUT2D eigenvalue weighted by atomic mass is 16.7. The average Bonchev–Trinajstić information content (AvgIpc) is 1.57. The number of allylic oxidation sites excluding steroid dienone is 1. The molecule has 4 aromatic rings. The van der Waals surface area contributed by atoms with Crippen LogP contribution in [-0.4, -0.2) is 255 Å². The van der Waals surface area contributed by atoms with Gasteiger partial charge >= 0.3 is 30.1 Å². The third kappa shape index (κ3) is 21.0. The lowest BCUT2D eigenvalue weighted by Gasteiger charge is -2.47. The topological polar surface area (TPSA) is 343 Å². The number of carbonyl (C=O) groups is 9. The number of pyridine rings is 1. The summed E-state index contributed by atoms with van der Waals surface area (Å²) in [6, 6.07) is 10.7. The number of aliphatic hydroxyl groups excluding tert-OH is 1. The normalized spacial score (nSPS) is 34.7. The van der Waals surface area contributed by atoms with E-state index in [-0.39, 0.29) is 73.7 Å². The van der Waals surface area contributed by atoms with E-state index in [1.807, 2.05) is 75.6 Å². The first-order valence-corrected chi connectivity index (χ1v) is 41.0. The van der Waals surface area contributed by atoms with Crippen LogP contribution in [0.25, 0.3) is 11.3 Å². The van der Waals surface area contributed by atoms with Gasteiger partial charge in [0.1, 0.15) is 48.1 Å². The highest BCUT2D eigenvalue weighted by Gasteiger charge is 2.62. The second-order valence-corrected chi connectivity index (χ2v) is 33.2. The zero-order chi connectivity index (χ0) is 87.4. The molecule has 0 aliphatic carbocycles. The van der Waals surface area contributed by atoms with Gasteiger partial charge in [0.05, 0.1) is 66.1 Å². The Morgan fingerprint density at radius 3 is 1.78 bits per heavy atom. The smallest absolute Gasteiger partial charge is 0.420 e. The lowest BCUT2D eigenvalue weighted by molar-refractivity contribution is -0.295. The van der Waals surface area contributed by atoms with E-state index in [9.17, 15) is 48.3 Å². The zero-order valence-corrected chi connectivity index (χ0v) is 72.8. The van der Waals surface area contributed by atoms with E-state index in [2.05, 4.69) is 23.1 Å². The molecule has 5 aliphatic heterocycles. The molecule has 0 spiro atoms. The summed E-state index contributed by atoms with van der Waals surface area (Å²) >= 11 is 0. The number of hydrogen-bond acceptors (Lipinski definition) is 27. The second kappa shape index (κ2) is 40.6. The monoisotopic (exact) mass is 1650 g/mol. The first-order chi connectivity index (χ1) is 55.7. The number of imidazole rings is 2. The number of fused-ring (bicyclic) bond motifs is 1. The molecule has 1 amide bonds. The number of unbranched alkanes of at least 4 members (excludes halogenated alkanes) is 1. The van der Waals surface area contributed by atoms with Crippen molar-refractivity contribution in [2.75, 3.05) is 56.1 Å². The van der Waals surface area contributed by atoms with Crippen molar-refractivity contribution in [3.05, 3.63) is 122 Å². The third-order valence-corrected chi connectivity index (χ3v) is 24.4. The molecule has 650 valence electrons. The van der Waals surface area contributed by atoms with Gasteiger partial charge in [-0.05, 0) is 177 Å². The van der Waals surface area contributed by atoms with Gasteiger partial charge in [-0.15, -0.1) is 0 Å². The standard InChI is InChI=1S/C46H69N5O11.C42H57N3O11/c1-14-35-46(15-2)40(51(44(56)62-46)21-17-16-20-50-25-33(48-31(50)8)32-18-19-36(57-12)47-24-32)28(5)37(52)26(3)23-45(9,58-13)41(29(6)38(53)30(7)42(55)60-35)61-43-39(54)34(49(10)11)22-27(4)59-43;1-12-32-42(13-2,56-40(50)45-20-19-43-24-45)23-26(4)33(46)25(3)22-41(8,51-11)36(28(6)34(47)29(7)37(48)53-32)55-39-35(31(44(9)10)21-27(5)52-39)54-38(49)30-17-15-14-16-18-30/h15,18-19,24-30,34-35,39-41,43,54H,2,14,16-17,20-23H2,1,3-13H3;13-20,23-25,27-29,31-32,35-36,39H,2,12,21-22H2,1,3-11H3/b;26-23+/t26-,27-,28+,29+,30-,34+,35-,39-,40-,41-,43?,45+,46-;25-,27-,28+,29-,31+,32-,35-,36-,39?,41+,42+/m11/s1. The average molecular weight is 1650 g/mol. The molecule has 5 aliphatic rings. The summed E-state index contributed by atoms with van der Waals surface area (Å²) in [5.41, 5.74) is -3.87. The van der Waals surface area contributed by atoms with Crippen LogP contribution in [-0.2, 0) is 87.4 Å². The number of hydrogen-bond donors (Lipinski definition) is 1. The van der Waals surface area contributed by atoms with Crippen LogP contribution >= 0.6 is 0 Å². The number of likely N-dealkylation sites (N-methyl/N-ethyl adjacent to an activating group) is 2. The molecule has 118 heavy (non-hydrogen) atoms. The van der Waals surface area contributed by atoms with E-state index in [0.717, 1.165) is 21.6 Å². The molecule has 30 nitrogen and oxygen atoms in total. The van der Waals surface area contributed by atoms with Crippen LogP contribution in [0.2, 0.25) is 0 Å². The summed E-state index contributed by atoms with van der Waals surface area (Å²) in [6.07, 6.45) is 3.81. The van der Waals surface area contributed by atoms with Crippen molar-refractivity contribution in [3.63, 3.8) is 0 Å². The Balaban J connectivity index is 0.000000296. The molecular formula is C88H126N8O22. The van der Waals surface area contributed by atoms with Gasteiger partial charge in [-0.25, -0.2) is 33.9 Å². The van der Waals surface area contributed by atoms with Crippen molar-refractivity contribution in [2.24, 2.45) is 41.4 Å². The van der Waals surface area contributed by atoms with Crippen LogP contribution < -0.4 is 4.74 Å². The van der Waals surface area contributed by atoms with E-state index >= 15 is 0 Å². The van der Waals surface area contributed by atoms with Crippen LogP contribution in [0.5, 0.6) is 5.88 Å². The molecule has 1 N–H and O–H groups in total. The molecule has 0 saturated carbocycles. The van der Waals surface area contributed by atoms with Crippen LogP contribution in [0.1, 0.15) is 164 Å². The molecule has 1 aromatic carbocycles. The van der Waals surface area contributed by atoms with Gasteiger partial charge in [0.2, 0.25) is 5.88 Å². The van der Waals surface area contributed by atoms with E-state index in [1.54, 1.807) is 124 Å². The fourth-order valence-electron chi connectivity index (χ4n) is 17.4. The minimum Gasteiger partial charge on any atom is -0.481 e. The fourth-order valence-corrected chi connectivity index (χ4v) is 17.4. The van der Waals surface area contributed by atoms with Gasteiger partial charge in [-0.3, -0.25) is 33.7 Å². The van der Waals surface area contributed by atoms with E-state index < -0.39 is 161 Å². The third-order valence-electron chi connectivity index (χ3n) is 24.4. The lowest BCUT2D eigenvalue weighted by atomic mass is 9.72. The quantitative estimate of drug-likeness (QED) is 0.0251. The summed E-state index contributed by atoms with van der Waals surface area (Å²) in [6.45, 7) is 34.6. The Bertz CT molecular complexity index is 4170. The molecule has 0 bridgehead atoms. The molecule has 2 unspecified atom stereocenters. The van der Waals surface area contributed by atoms with Crippen molar-refractivity contribution >= 4 is 53.2 Å². The Morgan fingerprint density at radius 2 is 1.25 bits per heavy atom. The minimum absolute atomic E-state index is 0.0512. The molecule has 30 heteroatoms. The summed E-state index contributed by atoms with van der Waals surface area (Å²) in [5, 5.41) is 11.5. The number of methoxy groups -OCH3 is 3. The number of esters is 3. The predicted octanol–water partition coefficient (Wildman–Crippen LogP) is 11.0. The Kier molecular flexibility index (Phi) is 32.6. The minimum atomic E-state index is -1.80.